The molecule has 26 heavy (non-hydrogen) atoms. The van der Waals surface area contributed by atoms with E-state index in [9.17, 15) is 4.79 Å². The molecule has 2 fully saturated rings. The first-order chi connectivity index (χ1) is 12.8. The Morgan fingerprint density at radius 2 is 2.08 bits per heavy atom. The van der Waals surface area contributed by atoms with Gasteiger partial charge in [0.15, 0.2) is 5.69 Å². The van der Waals surface area contributed by atoms with Gasteiger partial charge < -0.3 is 10.2 Å². The lowest BCUT2D eigenvalue weighted by molar-refractivity contribution is 0.0727. The van der Waals surface area contributed by atoms with Crippen LogP contribution in [0.2, 0.25) is 0 Å². The Labute approximate surface area is 153 Å². The fourth-order valence-corrected chi connectivity index (χ4v) is 3.72. The highest BCUT2D eigenvalue weighted by molar-refractivity contribution is 5.92. The summed E-state index contributed by atoms with van der Waals surface area (Å²) >= 11 is 0. The zero-order valence-electron chi connectivity index (χ0n) is 14.9. The van der Waals surface area contributed by atoms with Crippen molar-refractivity contribution in [2.24, 2.45) is 0 Å². The second-order valence-electron chi connectivity index (χ2n) is 6.87. The van der Waals surface area contributed by atoms with Gasteiger partial charge in [-0.05, 0) is 25.0 Å². The van der Waals surface area contributed by atoms with Gasteiger partial charge >= 0.3 is 0 Å². The molecule has 1 amide bonds. The fraction of sp³-hybridized carbons (Fsp3) is 0.556. The number of hydrogen-bond donors (Lipinski definition) is 1. The zero-order chi connectivity index (χ0) is 17.8. The van der Waals surface area contributed by atoms with Gasteiger partial charge in [-0.1, -0.05) is 11.3 Å². The van der Waals surface area contributed by atoms with Crippen LogP contribution in [0.1, 0.15) is 35.1 Å². The van der Waals surface area contributed by atoms with Crippen molar-refractivity contribution in [3.63, 3.8) is 0 Å². The lowest BCUT2D eigenvalue weighted by Crippen LogP contribution is -2.44. The second kappa shape index (κ2) is 7.92. The van der Waals surface area contributed by atoms with Crippen molar-refractivity contribution < 1.29 is 4.79 Å². The highest BCUT2D eigenvalue weighted by atomic mass is 16.2. The first kappa shape index (κ1) is 17.1. The summed E-state index contributed by atoms with van der Waals surface area (Å²) in [5.74, 6) is -0.0495. The van der Waals surface area contributed by atoms with E-state index < -0.39 is 0 Å². The molecule has 2 aromatic rings. The van der Waals surface area contributed by atoms with E-state index in [1.807, 2.05) is 23.1 Å². The Hall–Kier alpha value is -2.32. The fourth-order valence-electron chi connectivity index (χ4n) is 3.72. The van der Waals surface area contributed by atoms with Gasteiger partial charge in [0.2, 0.25) is 0 Å². The van der Waals surface area contributed by atoms with E-state index in [4.69, 9.17) is 0 Å². The van der Waals surface area contributed by atoms with E-state index in [2.05, 4.69) is 25.5 Å². The average molecular weight is 355 g/mol. The third-order valence-corrected chi connectivity index (χ3v) is 5.16. The molecule has 8 heteroatoms. The number of piperazine rings is 1. The third kappa shape index (κ3) is 3.76. The minimum Gasteiger partial charge on any atom is -0.329 e. The van der Waals surface area contributed by atoms with Crippen LogP contribution in [0.4, 0.5) is 0 Å². The molecule has 1 N–H and O–H groups in total. The number of likely N-dealkylation sites (tertiary alicyclic amines) is 1. The van der Waals surface area contributed by atoms with Crippen LogP contribution in [-0.4, -0.2) is 75.0 Å². The van der Waals surface area contributed by atoms with E-state index >= 15 is 0 Å². The Balaban J connectivity index is 1.39. The normalized spacial score (nSPS) is 21.2. The maximum absolute atomic E-state index is 12.9. The van der Waals surface area contributed by atoms with E-state index in [-0.39, 0.29) is 11.9 Å². The van der Waals surface area contributed by atoms with Crippen molar-refractivity contribution in [2.45, 2.75) is 25.4 Å². The number of nitrogens with zero attached hydrogens (tertiary/aromatic N) is 6. The van der Waals surface area contributed by atoms with Crippen LogP contribution >= 0.6 is 0 Å². The molecule has 2 saturated heterocycles. The molecular formula is C18H25N7O. The minimum atomic E-state index is -0.0495. The maximum Gasteiger partial charge on any atom is 0.276 e. The second-order valence-corrected chi connectivity index (χ2v) is 6.87. The molecule has 138 valence electrons. The van der Waals surface area contributed by atoms with Gasteiger partial charge in [0.05, 0.1) is 24.5 Å². The molecule has 0 aromatic carbocycles. The Morgan fingerprint density at radius 3 is 2.88 bits per heavy atom. The summed E-state index contributed by atoms with van der Waals surface area (Å²) in [6, 6.07) is 5.89. The van der Waals surface area contributed by atoms with Crippen LogP contribution in [0, 0.1) is 0 Å². The van der Waals surface area contributed by atoms with Gasteiger partial charge in [-0.25, -0.2) is 0 Å². The standard InChI is InChI=1S/C18H25N7O/c26-18(25-9-3-5-17(25)15-4-1-2-6-20-15)16-14-24(22-21-16)13-12-23-10-7-19-8-11-23/h1-2,4,6,14,17,19H,3,5,7-13H2/t17-/m0/s1. The average Bonchev–Trinajstić information content (AvgIpc) is 3.37. The van der Waals surface area contributed by atoms with Crippen molar-refractivity contribution in [1.82, 2.24) is 35.1 Å². The monoisotopic (exact) mass is 355 g/mol. The number of hydrogen-bond acceptors (Lipinski definition) is 6. The molecule has 0 unspecified atom stereocenters. The number of carbonyl (C=O) groups is 1. The number of amides is 1. The number of aromatic nitrogens is 4. The number of carbonyl (C=O) groups excluding carboxylic acids is 1. The lowest BCUT2D eigenvalue weighted by Gasteiger charge is -2.26. The Morgan fingerprint density at radius 1 is 1.19 bits per heavy atom. The number of pyridine rings is 1. The molecule has 2 aromatic heterocycles. The Kier molecular flexibility index (Phi) is 5.21. The molecular weight excluding hydrogens is 330 g/mol. The summed E-state index contributed by atoms with van der Waals surface area (Å²) in [5, 5.41) is 11.6. The van der Waals surface area contributed by atoms with Crippen LogP contribution in [0.3, 0.4) is 0 Å². The van der Waals surface area contributed by atoms with Crippen molar-refractivity contribution in [1.29, 1.82) is 0 Å². The zero-order valence-corrected chi connectivity index (χ0v) is 14.9. The summed E-state index contributed by atoms with van der Waals surface area (Å²) in [4.78, 5) is 21.6. The van der Waals surface area contributed by atoms with Crippen LogP contribution < -0.4 is 5.32 Å². The van der Waals surface area contributed by atoms with Crippen LogP contribution in [0.5, 0.6) is 0 Å². The summed E-state index contributed by atoms with van der Waals surface area (Å²) in [6.45, 7) is 6.60. The molecule has 2 aliphatic heterocycles. The SMILES string of the molecule is O=C(c1cn(CCN2CCNCC2)nn1)N1CCC[C@H]1c1ccccn1. The molecule has 0 spiro atoms. The molecule has 0 radical (unpaired) electrons. The Bertz CT molecular complexity index is 726. The molecule has 2 aliphatic rings. The summed E-state index contributed by atoms with van der Waals surface area (Å²) in [6.07, 6.45) is 5.49. The predicted molar refractivity (Wildman–Crippen MR) is 96.6 cm³/mol. The molecule has 0 saturated carbocycles. The highest BCUT2D eigenvalue weighted by Gasteiger charge is 2.32. The lowest BCUT2D eigenvalue weighted by atomic mass is 10.1. The first-order valence-corrected chi connectivity index (χ1v) is 9.36. The van der Waals surface area contributed by atoms with E-state index in [1.54, 1.807) is 17.1 Å². The van der Waals surface area contributed by atoms with E-state index in [0.717, 1.165) is 64.3 Å². The number of rotatable bonds is 5. The van der Waals surface area contributed by atoms with E-state index in [0.29, 0.717) is 5.69 Å². The summed E-state index contributed by atoms with van der Waals surface area (Å²) < 4.78 is 1.78. The first-order valence-electron chi connectivity index (χ1n) is 9.36. The van der Waals surface area contributed by atoms with Crippen molar-refractivity contribution in [2.75, 3.05) is 39.3 Å². The molecule has 1 atom stereocenters. The van der Waals surface area contributed by atoms with Gasteiger partial charge in [-0.3, -0.25) is 19.4 Å². The summed E-state index contributed by atoms with van der Waals surface area (Å²) in [7, 11) is 0. The van der Waals surface area contributed by atoms with E-state index in [1.165, 1.54) is 0 Å². The smallest absolute Gasteiger partial charge is 0.276 e. The largest absolute Gasteiger partial charge is 0.329 e. The summed E-state index contributed by atoms with van der Waals surface area (Å²) in [5.41, 5.74) is 1.37. The molecule has 4 rings (SSSR count). The third-order valence-electron chi connectivity index (χ3n) is 5.16. The van der Waals surface area contributed by atoms with Gasteiger partial charge in [-0.2, -0.15) is 0 Å². The molecule has 8 nitrogen and oxygen atoms in total. The number of nitrogens with one attached hydrogen (secondary N) is 1. The van der Waals surface area contributed by atoms with Crippen LogP contribution in [0.15, 0.2) is 30.6 Å². The van der Waals surface area contributed by atoms with Gasteiger partial charge in [-0.15, -0.1) is 5.10 Å². The van der Waals surface area contributed by atoms with Gasteiger partial charge in [0, 0.05) is 45.5 Å². The minimum absolute atomic E-state index is 0.0368. The van der Waals surface area contributed by atoms with Gasteiger partial charge in [0.1, 0.15) is 0 Å². The molecule has 4 heterocycles. The molecule has 0 aliphatic carbocycles. The van der Waals surface area contributed by atoms with Crippen molar-refractivity contribution in [3.05, 3.63) is 42.0 Å². The topological polar surface area (TPSA) is 79.2 Å². The maximum atomic E-state index is 12.9. The highest BCUT2D eigenvalue weighted by Crippen LogP contribution is 2.31. The predicted octanol–water partition coefficient (Wildman–Crippen LogP) is 0.556. The van der Waals surface area contributed by atoms with Gasteiger partial charge in [0.25, 0.3) is 5.91 Å². The quantitative estimate of drug-likeness (QED) is 0.844. The van der Waals surface area contributed by atoms with Crippen LogP contribution in [-0.2, 0) is 6.54 Å². The van der Waals surface area contributed by atoms with Crippen LogP contribution in [0.25, 0.3) is 0 Å². The van der Waals surface area contributed by atoms with Crippen molar-refractivity contribution in [3.8, 4) is 0 Å². The molecule has 0 bridgehead atoms. The van der Waals surface area contributed by atoms with Crippen molar-refractivity contribution >= 4 is 5.91 Å².